The van der Waals surface area contributed by atoms with Crippen LogP contribution in [0.4, 0.5) is 0 Å². The summed E-state index contributed by atoms with van der Waals surface area (Å²) in [6.07, 6.45) is 12.2. The summed E-state index contributed by atoms with van der Waals surface area (Å²) in [4.78, 5) is 7.10. The van der Waals surface area contributed by atoms with Gasteiger partial charge in [0.2, 0.25) is 0 Å². The maximum atomic E-state index is 6.15. The van der Waals surface area contributed by atoms with Gasteiger partial charge in [0, 0.05) is 6.04 Å². The SMILES string of the molecule is CCCC1CCCC2(CC1)CN=C(N)N2C1CC1. The highest BCUT2D eigenvalue weighted by Gasteiger charge is 2.48. The number of nitrogens with two attached hydrogens (primary N) is 1. The summed E-state index contributed by atoms with van der Waals surface area (Å²) in [5, 5.41) is 0. The minimum Gasteiger partial charge on any atom is -0.370 e. The van der Waals surface area contributed by atoms with Crippen molar-refractivity contribution in [1.82, 2.24) is 4.90 Å². The third-order valence-corrected chi connectivity index (χ3v) is 5.17. The Morgan fingerprint density at radius 2 is 2.11 bits per heavy atom. The summed E-state index contributed by atoms with van der Waals surface area (Å²) in [6, 6.07) is 0.721. The first-order valence-electron chi connectivity index (χ1n) is 7.84. The Morgan fingerprint density at radius 3 is 2.83 bits per heavy atom. The molecule has 3 heteroatoms. The van der Waals surface area contributed by atoms with E-state index in [-0.39, 0.29) is 0 Å². The minimum absolute atomic E-state index is 0.313. The van der Waals surface area contributed by atoms with E-state index >= 15 is 0 Å². The van der Waals surface area contributed by atoms with Gasteiger partial charge in [-0.05, 0) is 38.0 Å². The average molecular weight is 249 g/mol. The van der Waals surface area contributed by atoms with Gasteiger partial charge in [0.05, 0.1) is 12.1 Å². The summed E-state index contributed by atoms with van der Waals surface area (Å²) < 4.78 is 0. The molecule has 3 aliphatic rings. The van der Waals surface area contributed by atoms with Crippen LogP contribution in [0.1, 0.15) is 64.7 Å². The first-order chi connectivity index (χ1) is 8.75. The molecule has 0 aromatic carbocycles. The maximum Gasteiger partial charge on any atom is 0.192 e. The highest BCUT2D eigenvalue weighted by atomic mass is 15.4. The average Bonchev–Trinajstić information content (AvgIpc) is 3.14. The topological polar surface area (TPSA) is 41.6 Å². The van der Waals surface area contributed by atoms with Crippen molar-refractivity contribution < 1.29 is 0 Å². The van der Waals surface area contributed by atoms with Gasteiger partial charge in [-0.1, -0.05) is 32.6 Å². The molecule has 2 fully saturated rings. The van der Waals surface area contributed by atoms with Crippen LogP contribution in [0.2, 0.25) is 0 Å². The van der Waals surface area contributed by atoms with Gasteiger partial charge in [-0.2, -0.15) is 0 Å². The largest absolute Gasteiger partial charge is 0.370 e. The van der Waals surface area contributed by atoms with Crippen LogP contribution < -0.4 is 5.73 Å². The minimum atomic E-state index is 0.313. The van der Waals surface area contributed by atoms with Crippen LogP contribution >= 0.6 is 0 Å². The molecule has 2 saturated carbocycles. The Hall–Kier alpha value is -0.730. The molecule has 18 heavy (non-hydrogen) atoms. The quantitative estimate of drug-likeness (QED) is 0.835. The molecular formula is C15H27N3. The summed E-state index contributed by atoms with van der Waals surface area (Å²) in [7, 11) is 0. The van der Waals surface area contributed by atoms with E-state index in [1.165, 1.54) is 57.8 Å². The molecule has 0 aromatic rings. The van der Waals surface area contributed by atoms with Gasteiger partial charge in [-0.3, -0.25) is 4.99 Å². The predicted octanol–water partition coefficient (Wildman–Crippen LogP) is 2.90. The maximum absolute atomic E-state index is 6.15. The zero-order valence-corrected chi connectivity index (χ0v) is 11.7. The lowest BCUT2D eigenvalue weighted by atomic mass is 9.88. The third kappa shape index (κ3) is 2.12. The molecule has 2 atom stereocenters. The van der Waals surface area contributed by atoms with Crippen molar-refractivity contribution in [3.8, 4) is 0 Å². The van der Waals surface area contributed by atoms with Crippen molar-refractivity contribution in [3.05, 3.63) is 0 Å². The molecule has 0 radical (unpaired) electrons. The Labute approximate surface area is 111 Å². The molecule has 0 amide bonds. The Balaban J connectivity index is 1.71. The molecule has 0 aromatic heterocycles. The van der Waals surface area contributed by atoms with Gasteiger partial charge in [-0.15, -0.1) is 0 Å². The third-order valence-electron chi connectivity index (χ3n) is 5.17. The van der Waals surface area contributed by atoms with Crippen LogP contribution in [0.15, 0.2) is 4.99 Å². The van der Waals surface area contributed by atoms with Crippen LogP contribution in [0, 0.1) is 5.92 Å². The number of aliphatic imine (C=N–C) groups is 1. The molecule has 2 unspecified atom stereocenters. The fourth-order valence-electron chi connectivity index (χ4n) is 4.09. The second-order valence-corrected chi connectivity index (χ2v) is 6.59. The van der Waals surface area contributed by atoms with Gasteiger partial charge in [0.1, 0.15) is 0 Å². The van der Waals surface area contributed by atoms with Crippen molar-refractivity contribution in [2.45, 2.75) is 76.3 Å². The molecule has 3 rings (SSSR count). The van der Waals surface area contributed by atoms with Gasteiger partial charge >= 0.3 is 0 Å². The summed E-state index contributed by atoms with van der Waals surface area (Å²) in [5.74, 6) is 1.80. The molecule has 1 heterocycles. The lowest BCUT2D eigenvalue weighted by Crippen LogP contribution is -2.52. The van der Waals surface area contributed by atoms with E-state index in [2.05, 4.69) is 16.8 Å². The van der Waals surface area contributed by atoms with E-state index in [4.69, 9.17) is 5.73 Å². The van der Waals surface area contributed by atoms with Crippen molar-refractivity contribution in [2.24, 2.45) is 16.6 Å². The van der Waals surface area contributed by atoms with E-state index < -0.39 is 0 Å². The molecule has 1 spiro atoms. The van der Waals surface area contributed by atoms with Crippen LogP contribution in [-0.2, 0) is 0 Å². The number of guanidine groups is 1. The van der Waals surface area contributed by atoms with Crippen molar-refractivity contribution >= 4 is 5.96 Å². The van der Waals surface area contributed by atoms with E-state index in [0.29, 0.717) is 5.54 Å². The first-order valence-corrected chi connectivity index (χ1v) is 7.84. The van der Waals surface area contributed by atoms with Crippen LogP contribution in [0.25, 0.3) is 0 Å². The molecule has 102 valence electrons. The normalized spacial score (nSPS) is 36.8. The molecule has 0 saturated heterocycles. The number of hydrogen-bond acceptors (Lipinski definition) is 3. The molecular weight excluding hydrogens is 222 g/mol. The highest BCUT2D eigenvalue weighted by molar-refractivity contribution is 5.81. The number of nitrogens with zero attached hydrogens (tertiary/aromatic N) is 2. The zero-order valence-electron chi connectivity index (χ0n) is 11.7. The Bertz CT molecular complexity index is 335. The van der Waals surface area contributed by atoms with E-state index in [1.54, 1.807) is 0 Å². The number of hydrogen-bond donors (Lipinski definition) is 1. The molecule has 1 aliphatic heterocycles. The Kier molecular flexibility index (Phi) is 3.25. The first kappa shape index (κ1) is 12.3. The van der Waals surface area contributed by atoms with Gasteiger partial charge in [0.25, 0.3) is 0 Å². The second-order valence-electron chi connectivity index (χ2n) is 6.59. The number of rotatable bonds is 3. The lowest BCUT2D eigenvalue weighted by Gasteiger charge is -2.39. The van der Waals surface area contributed by atoms with Gasteiger partial charge in [0.15, 0.2) is 5.96 Å². The molecule has 2 N–H and O–H groups in total. The summed E-state index contributed by atoms with van der Waals surface area (Å²) in [6.45, 7) is 3.28. The van der Waals surface area contributed by atoms with Crippen LogP contribution in [0.3, 0.4) is 0 Å². The van der Waals surface area contributed by atoms with Crippen LogP contribution in [-0.4, -0.2) is 29.0 Å². The van der Waals surface area contributed by atoms with Gasteiger partial charge in [-0.25, -0.2) is 0 Å². The molecule has 3 nitrogen and oxygen atoms in total. The molecule has 0 bridgehead atoms. The highest BCUT2D eigenvalue weighted by Crippen LogP contribution is 2.44. The second kappa shape index (κ2) is 4.75. The standard InChI is InChI=1S/C15H27N3/c1-2-4-12-5-3-9-15(10-8-12)11-17-14(16)18(15)13-6-7-13/h12-13H,2-11H2,1H3,(H2,16,17). The summed E-state index contributed by atoms with van der Waals surface area (Å²) in [5.41, 5.74) is 6.46. The zero-order chi connectivity index (χ0) is 12.6. The lowest BCUT2D eigenvalue weighted by molar-refractivity contribution is 0.165. The Morgan fingerprint density at radius 1 is 1.28 bits per heavy atom. The van der Waals surface area contributed by atoms with Crippen molar-refractivity contribution in [2.75, 3.05) is 6.54 Å². The fourth-order valence-corrected chi connectivity index (χ4v) is 4.09. The van der Waals surface area contributed by atoms with Gasteiger partial charge < -0.3 is 10.6 Å². The van der Waals surface area contributed by atoms with E-state index in [1.807, 2.05) is 0 Å². The molecule has 2 aliphatic carbocycles. The smallest absolute Gasteiger partial charge is 0.192 e. The van der Waals surface area contributed by atoms with Crippen molar-refractivity contribution in [3.63, 3.8) is 0 Å². The van der Waals surface area contributed by atoms with Crippen LogP contribution in [0.5, 0.6) is 0 Å². The van der Waals surface area contributed by atoms with Crippen molar-refractivity contribution in [1.29, 1.82) is 0 Å². The van der Waals surface area contributed by atoms with E-state index in [0.717, 1.165) is 24.5 Å². The monoisotopic (exact) mass is 249 g/mol. The van der Waals surface area contributed by atoms with E-state index in [9.17, 15) is 0 Å². The predicted molar refractivity (Wildman–Crippen MR) is 75.6 cm³/mol. The fraction of sp³-hybridized carbons (Fsp3) is 0.933. The summed E-state index contributed by atoms with van der Waals surface area (Å²) >= 11 is 0.